The molecule has 2 aliphatic heterocycles. The van der Waals surface area contributed by atoms with Gasteiger partial charge < -0.3 is 29.6 Å². The number of carbonyl (C=O) groups is 2. The molecule has 0 spiro atoms. The lowest BCUT2D eigenvalue weighted by molar-refractivity contribution is -0.156. The zero-order valence-corrected chi connectivity index (χ0v) is 21.1. The van der Waals surface area contributed by atoms with Gasteiger partial charge >= 0.3 is 11.9 Å². The minimum atomic E-state index is -1.09. The minimum Gasteiger partial charge on any atom is -0.489 e. The van der Waals surface area contributed by atoms with E-state index in [2.05, 4.69) is 24.5 Å². The summed E-state index contributed by atoms with van der Waals surface area (Å²) in [4.78, 5) is 24.8. The van der Waals surface area contributed by atoms with Gasteiger partial charge in [-0.2, -0.15) is 0 Å². The van der Waals surface area contributed by atoms with Gasteiger partial charge in [0.15, 0.2) is 0 Å². The van der Waals surface area contributed by atoms with Gasteiger partial charge in [-0.3, -0.25) is 0 Å². The molecule has 2 unspecified atom stereocenters. The van der Waals surface area contributed by atoms with Crippen LogP contribution < -0.4 is 29.6 Å². The van der Waals surface area contributed by atoms with Crippen LogP contribution in [-0.2, 0) is 22.4 Å². The van der Waals surface area contributed by atoms with E-state index in [0.29, 0.717) is 11.5 Å². The van der Waals surface area contributed by atoms with Gasteiger partial charge in [-0.05, 0) is 74.9 Å². The molecule has 2 N–H and O–H groups in total. The van der Waals surface area contributed by atoms with Crippen LogP contribution in [0.25, 0.3) is 0 Å². The fourth-order valence-corrected chi connectivity index (χ4v) is 4.40. The van der Waals surface area contributed by atoms with E-state index in [1.165, 1.54) is 0 Å². The molecule has 2 aromatic rings. The number of aryl methyl sites for hydroxylation is 2. The maximum Gasteiger partial charge on any atom is 0.423 e. The largest absolute Gasteiger partial charge is 0.489 e. The molecule has 0 aromatic heterocycles. The quantitative estimate of drug-likeness (QED) is 0.223. The number of esters is 2. The average molecular weight is 497 g/mol. The second-order valence-electron chi connectivity index (χ2n) is 9.28. The number of fused-ring (bicyclic) bond motifs is 2. The van der Waals surface area contributed by atoms with E-state index in [1.54, 1.807) is 24.3 Å². The van der Waals surface area contributed by atoms with Crippen LogP contribution in [0.15, 0.2) is 36.4 Å². The van der Waals surface area contributed by atoms with Gasteiger partial charge in [0.05, 0.1) is 0 Å². The molecule has 0 saturated carbocycles. The molecule has 0 saturated heterocycles. The molecule has 194 valence electrons. The van der Waals surface area contributed by atoms with Crippen molar-refractivity contribution in [2.24, 2.45) is 0 Å². The maximum absolute atomic E-state index is 12.4. The molecule has 0 bridgehead atoms. The molecule has 8 heteroatoms. The molecule has 0 radical (unpaired) electrons. The normalized spacial score (nSPS) is 18.3. The number of hydrogen-bond donors (Lipinski definition) is 2. The van der Waals surface area contributed by atoms with E-state index in [9.17, 15) is 9.59 Å². The molecule has 8 nitrogen and oxygen atoms in total. The maximum atomic E-state index is 12.4. The average Bonchev–Trinajstić information content (AvgIpc) is 2.88. The van der Waals surface area contributed by atoms with Crippen molar-refractivity contribution >= 4 is 11.9 Å². The predicted octanol–water partition coefficient (Wildman–Crippen LogP) is 3.58. The number of benzene rings is 2. The highest BCUT2D eigenvalue weighted by atomic mass is 16.6. The topological polar surface area (TPSA) is 95.1 Å². The van der Waals surface area contributed by atoms with Crippen LogP contribution in [0.3, 0.4) is 0 Å². The molecule has 2 aliphatic rings. The molecular weight excluding hydrogens is 460 g/mol. The van der Waals surface area contributed by atoms with Crippen LogP contribution in [-0.4, -0.2) is 50.3 Å². The zero-order chi connectivity index (χ0) is 25.3. The summed E-state index contributed by atoms with van der Waals surface area (Å²) in [7, 11) is 0. The summed E-state index contributed by atoms with van der Waals surface area (Å²) in [6, 6.07) is 10.4. The first kappa shape index (κ1) is 26.0. The first-order valence-corrected chi connectivity index (χ1v) is 13.0. The fraction of sp³-hybridized carbons (Fsp3) is 0.500. The standard InChI is InChI=1S/C28H36N2O6/c1-3-13-29-17-23-11-7-19-5-9-21(15-25(19)33-23)35-27(31)28(32)36-22-10-6-20-8-12-24(18-30-14-4-2)34-26(20)16-22/h5-6,9-10,15-16,23-24,29-30H,3-4,7-8,11-14,17-18H2,1-2H3. The van der Waals surface area contributed by atoms with E-state index < -0.39 is 11.9 Å². The van der Waals surface area contributed by atoms with E-state index in [4.69, 9.17) is 18.9 Å². The highest BCUT2D eigenvalue weighted by molar-refractivity contribution is 6.31. The van der Waals surface area contributed by atoms with Crippen molar-refractivity contribution in [1.29, 1.82) is 0 Å². The third-order valence-corrected chi connectivity index (χ3v) is 6.32. The minimum absolute atomic E-state index is 0.0632. The molecule has 2 aromatic carbocycles. The Bertz CT molecular complexity index is 973. The molecule has 0 aliphatic carbocycles. The van der Waals surface area contributed by atoms with Crippen LogP contribution in [0.5, 0.6) is 23.0 Å². The van der Waals surface area contributed by atoms with Crippen molar-refractivity contribution in [2.75, 3.05) is 26.2 Å². The summed E-state index contributed by atoms with van der Waals surface area (Å²) in [6.07, 6.45) is 5.89. The van der Waals surface area contributed by atoms with E-state index in [0.717, 1.165) is 75.8 Å². The van der Waals surface area contributed by atoms with Crippen LogP contribution in [0, 0.1) is 0 Å². The van der Waals surface area contributed by atoms with Crippen LogP contribution >= 0.6 is 0 Å². The lowest BCUT2D eigenvalue weighted by Gasteiger charge is -2.26. The number of nitrogens with one attached hydrogen (secondary N) is 2. The first-order chi connectivity index (χ1) is 17.6. The first-order valence-electron chi connectivity index (χ1n) is 13.0. The molecule has 0 amide bonds. The van der Waals surface area contributed by atoms with Crippen molar-refractivity contribution in [1.82, 2.24) is 10.6 Å². The van der Waals surface area contributed by atoms with Gasteiger partial charge in [-0.15, -0.1) is 0 Å². The van der Waals surface area contributed by atoms with Crippen LogP contribution in [0.4, 0.5) is 0 Å². The van der Waals surface area contributed by atoms with Crippen molar-refractivity contribution in [3.05, 3.63) is 47.5 Å². The van der Waals surface area contributed by atoms with Crippen LogP contribution in [0.1, 0.15) is 50.7 Å². The van der Waals surface area contributed by atoms with E-state index in [1.807, 2.05) is 12.1 Å². The summed E-state index contributed by atoms with van der Waals surface area (Å²) in [5, 5.41) is 6.74. The summed E-state index contributed by atoms with van der Waals surface area (Å²) < 4.78 is 22.7. The molecule has 4 rings (SSSR count). The monoisotopic (exact) mass is 496 g/mol. The molecule has 36 heavy (non-hydrogen) atoms. The van der Waals surface area contributed by atoms with Gasteiger partial charge in [0.2, 0.25) is 0 Å². The molecule has 0 fully saturated rings. The Balaban J connectivity index is 1.32. The Morgan fingerprint density at radius 1 is 0.778 bits per heavy atom. The third-order valence-electron chi connectivity index (χ3n) is 6.32. The second kappa shape index (κ2) is 12.7. The molecular formula is C28H36N2O6. The van der Waals surface area contributed by atoms with E-state index in [-0.39, 0.29) is 23.7 Å². The van der Waals surface area contributed by atoms with Crippen molar-refractivity contribution in [2.45, 2.75) is 64.6 Å². The highest BCUT2D eigenvalue weighted by Gasteiger charge is 2.25. The van der Waals surface area contributed by atoms with Crippen molar-refractivity contribution in [3.63, 3.8) is 0 Å². The lowest BCUT2D eigenvalue weighted by atomic mass is 10.0. The number of ether oxygens (including phenoxy) is 4. The zero-order valence-electron chi connectivity index (χ0n) is 21.1. The van der Waals surface area contributed by atoms with Crippen molar-refractivity contribution in [3.8, 4) is 23.0 Å². The summed E-state index contributed by atoms with van der Waals surface area (Å²) in [6.45, 7) is 7.67. The Morgan fingerprint density at radius 2 is 1.22 bits per heavy atom. The number of rotatable bonds is 10. The van der Waals surface area contributed by atoms with Crippen molar-refractivity contribution < 1.29 is 28.5 Å². The lowest BCUT2D eigenvalue weighted by Crippen LogP contribution is -2.34. The number of hydrogen-bond acceptors (Lipinski definition) is 8. The summed E-state index contributed by atoms with van der Waals surface area (Å²) >= 11 is 0. The van der Waals surface area contributed by atoms with Gasteiger partial charge in [-0.25, -0.2) is 9.59 Å². The smallest absolute Gasteiger partial charge is 0.423 e. The fourth-order valence-electron chi connectivity index (χ4n) is 4.40. The summed E-state index contributed by atoms with van der Waals surface area (Å²) in [5.41, 5.74) is 2.11. The Labute approximate surface area is 212 Å². The predicted molar refractivity (Wildman–Crippen MR) is 136 cm³/mol. The number of carbonyl (C=O) groups excluding carboxylic acids is 2. The SMILES string of the molecule is CCCNCC1CCc2ccc(OC(=O)C(=O)Oc3ccc4c(c3)OC(CNCCC)CC4)cc2O1. The second-order valence-corrected chi connectivity index (χ2v) is 9.28. The van der Waals surface area contributed by atoms with Gasteiger partial charge in [-0.1, -0.05) is 26.0 Å². The van der Waals surface area contributed by atoms with Gasteiger partial charge in [0.25, 0.3) is 0 Å². The van der Waals surface area contributed by atoms with Gasteiger partial charge in [0, 0.05) is 25.2 Å². The highest BCUT2D eigenvalue weighted by Crippen LogP contribution is 2.33. The Hall–Kier alpha value is -3.10. The van der Waals surface area contributed by atoms with Gasteiger partial charge in [0.1, 0.15) is 35.2 Å². The summed E-state index contributed by atoms with van der Waals surface area (Å²) in [5.74, 6) is -0.335. The molecule has 2 atom stereocenters. The Kier molecular flexibility index (Phi) is 9.19. The van der Waals surface area contributed by atoms with Crippen LogP contribution in [0.2, 0.25) is 0 Å². The molecule has 2 heterocycles. The Morgan fingerprint density at radius 3 is 1.64 bits per heavy atom. The van der Waals surface area contributed by atoms with E-state index >= 15 is 0 Å². The third kappa shape index (κ3) is 6.98.